The van der Waals surface area contributed by atoms with Crippen molar-refractivity contribution in [3.05, 3.63) is 57.1 Å². The molecule has 0 spiro atoms. The van der Waals surface area contributed by atoms with Gasteiger partial charge in [0.15, 0.2) is 0 Å². The van der Waals surface area contributed by atoms with Crippen molar-refractivity contribution in [2.75, 3.05) is 21.9 Å². The summed E-state index contributed by atoms with van der Waals surface area (Å²) in [4.78, 5) is 12.7. The van der Waals surface area contributed by atoms with E-state index in [4.69, 9.17) is 23.2 Å². The maximum Gasteiger partial charge on any atom is 0.416 e. The highest BCUT2D eigenvalue weighted by molar-refractivity contribution is 8.25. The van der Waals surface area contributed by atoms with Crippen LogP contribution in [0.25, 0.3) is 0 Å². The van der Waals surface area contributed by atoms with Crippen LogP contribution in [0.2, 0.25) is 10.0 Å². The first-order valence-corrected chi connectivity index (χ1v) is 11.2. The Bertz CT molecular complexity index is 1030. The van der Waals surface area contributed by atoms with Crippen molar-refractivity contribution < 1.29 is 40.2 Å². The van der Waals surface area contributed by atoms with Gasteiger partial charge >= 0.3 is 12.4 Å². The van der Waals surface area contributed by atoms with Crippen molar-refractivity contribution in [1.29, 1.82) is 0 Å². The van der Waals surface area contributed by atoms with Gasteiger partial charge in [0, 0.05) is 12.2 Å². The lowest BCUT2D eigenvalue weighted by Gasteiger charge is -2.38. The number of hydrogen-bond donors (Lipinski definition) is 3. The number of halogens is 8. The lowest BCUT2D eigenvalue weighted by molar-refractivity contribution is -0.143. The van der Waals surface area contributed by atoms with E-state index in [1.54, 1.807) is 0 Å². The van der Waals surface area contributed by atoms with Crippen LogP contribution in [-0.4, -0.2) is 27.3 Å². The summed E-state index contributed by atoms with van der Waals surface area (Å²) in [5, 5.41) is 1.49. The highest BCUT2D eigenvalue weighted by Gasteiger charge is 2.37. The molecule has 0 radical (unpaired) electrons. The van der Waals surface area contributed by atoms with E-state index in [0.29, 0.717) is 18.6 Å². The number of hydrogen-bond acceptors (Lipinski definition) is 4. The molecule has 0 aromatic heterocycles. The summed E-state index contributed by atoms with van der Waals surface area (Å²) in [5.74, 6) is -1.05. The van der Waals surface area contributed by atoms with E-state index < -0.39 is 45.8 Å². The van der Waals surface area contributed by atoms with E-state index >= 15 is 0 Å². The molecule has 1 aliphatic heterocycles. The standard InChI is InChI=1S/C18H14Cl2F6N2O3S/c19-14-8-12(28-2-1-3-32(28,30)31)7-13(15(14)20)16(29)27-11-5-9(17(21,22)23)4-10(6-11)18(24,25)26/h4-8,30-31H,1-3H2,(H,27,29). The maximum atomic E-state index is 13.0. The number of alkyl halides is 6. The molecule has 1 fully saturated rings. The molecule has 2 aromatic rings. The van der Waals surface area contributed by atoms with Crippen molar-refractivity contribution in [2.24, 2.45) is 0 Å². The van der Waals surface area contributed by atoms with Gasteiger partial charge in [-0.3, -0.25) is 18.2 Å². The van der Waals surface area contributed by atoms with Crippen LogP contribution >= 0.6 is 34.0 Å². The average molecular weight is 523 g/mol. The lowest BCUT2D eigenvalue weighted by atomic mass is 10.1. The zero-order valence-electron chi connectivity index (χ0n) is 15.7. The molecule has 1 heterocycles. The molecule has 1 amide bonds. The van der Waals surface area contributed by atoms with Crippen molar-refractivity contribution in [3.63, 3.8) is 0 Å². The summed E-state index contributed by atoms with van der Waals surface area (Å²) in [5.41, 5.74) is -4.23. The Morgan fingerprint density at radius 3 is 2.00 bits per heavy atom. The third kappa shape index (κ3) is 5.20. The highest BCUT2D eigenvalue weighted by atomic mass is 35.5. The third-order valence-corrected chi connectivity index (χ3v) is 7.26. The summed E-state index contributed by atoms with van der Waals surface area (Å²) >= 11 is 12.0. The predicted molar refractivity (Wildman–Crippen MR) is 111 cm³/mol. The third-order valence-electron chi connectivity index (χ3n) is 4.52. The zero-order chi connectivity index (χ0) is 24.1. The van der Waals surface area contributed by atoms with Crippen LogP contribution in [-0.2, 0) is 12.4 Å². The number of anilines is 2. The van der Waals surface area contributed by atoms with Gasteiger partial charge in [0.05, 0.1) is 38.2 Å². The van der Waals surface area contributed by atoms with Crippen LogP contribution in [0.5, 0.6) is 0 Å². The van der Waals surface area contributed by atoms with Gasteiger partial charge in [0.2, 0.25) is 0 Å². The van der Waals surface area contributed by atoms with E-state index in [1.807, 2.05) is 5.32 Å². The van der Waals surface area contributed by atoms with E-state index in [9.17, 15) is 40.2 Å². The number of nitrogens with one attached hydrogen (secondary N) is 1. The molecule has 0 bridgehead atoms. The molecule has 32 heavy (non-hydrogen) atoms. The molecule has 2 aromatic carbocycles. The molecule has 1 aliphatic rings. The normalized spacial score (nSPS) is 17.4. The Morgan fingerprint density at radius 2 is 1.53 bits per heavy atom. The first-order chi connectivity index (χ1) is 14.6. The second kappa shape index (κ2) is 8.49. The molecule has 5 nitrogen and oxygen atoms in total. The first kappa shape index (κ1) is 24.8. The number of carbonyl (C=O) groups is 1. The number of benzene rings is 2. The van der Waals surface area contributed by atoms with Crippen molar-refractivity contribution in [2.45, 2.75) is 18.8 Å². The Labute approximate surface area is 189 Å². The van der Waals surface area contributed by atoms with Crippen LogP contribution in [0.4, 0.5) is 37.7 Å². The summed E-state index contributed by atoms with van der Waals surface area (Å²) in [6.45, 7) is 0.226. The molecule has 1 saturated heterocycles. The van der Waals surface area contributed by atoms with Crippen molar-refractivity contribution in [1.82, 2.24) is 0 Å². The summed E-state index contributed by atoms with van der Waals surface area (Å²) < 4.78 is 99.7. The smallest absolute Gasteiger partial charge is 0.322 e. The van der Waals surface area contributed by atoms with E-state index in [2.05, 4.69) is 0 Å². The summed E-state index contributed by atoms with van der Waals surface area (Å²) in [6.07, 6.45) is -9.74. The Balaban J connectivity index is 2.00. The van der Waals surface area contributed by atoms with Gasteiger partial charge in [0.25, 0.3) is 5.91 Å². The molecule has 0 unspecified atom stereocenters. The molecule has 176 valence electrons. The van der Waals surface area contributed by atoms with Crippen LogP contribution < -0.4 is 9.62 Å². The van der Waals surface area contributed by atoms with Crippen LogP contribution in [0.1, 0.15) is 27.9 Å². The fourth-order valence-electron chi connectivity index (χ4n) is 3.07. The van der Waals surface area contributed by atoms with E-state index in [-0.39, 0.29) is 39.7 Å². The predicted octanol–water partition coefficient (Wildman–Crippen LogP) is 7.16. The Morgan fingerprint density at radius 1 is 0.969 bits per heavy atom. The van der Waals surface area contributed by atoms with Gasteiger partial charge in [-0.2, -0.15) is 26.3 Å². The minimum absolute atomic E-state index is 0.0711. The zero-order valence-corrected chi connectivity index (χ0v) is 18.0. The van der Waals surface area contributed by atoms with Crippen LogP contribution in [0, 0.1) is 0 Å². The molecule has 0 atom stereocenters. The lowest BCUT2D eigenvalue weighted by Crippen LogP contribution is -2.23. The van der Waals surface area contributed by atoms with Crippen molar-refractivity contribution in [3.8, 4) is 0 Å². The van der Waals surface area contributed by atoms with Crippen LogP contribution in [0.15, 0.2) is 30.3 Å². The second-order valence-corrected chi connectivity index (χ2v) is 9.73. The summed E-state index contributed by atoms with van der Waals surface area (Å²) in [6, 6.07) is 3.03. The fourth-order valence-corrected chi connectivity index (χ4v) is 5.08. The molecule has 14 heteroatoms. The number of nitrogens with zero attached hydrogens (tertiary/aromatic N) is 1. The SMILES string of the molecule is O=C(Nc1cc(C(F)(F)F)cc(C(F)(F)F)c1)c1cc(N2CCCS2(O)O)cc(Cl)c1Cl. The second-order valence-electron chi connectivity index (χ2n) is 6.83. The first-order valence-electron chi connectivity index (χ1n) is 8.73. The van der Waals surface area contributed by atoms with Crippen LogP contribution in [0.3, 0.4) is 0 Å². The molecule has 3 rings (SSSR count). The molecular weight excluding hydrogens is 509 g/mol. The molecule has 3 N–H and O–H groups in total. The van der Waals surface area contributed by atoms with Gasteiger partial charge in [-0.1, -0.05) is 23.2 Å². The van der Waals surface area contributed by atoms with Gasteiger partial charge in [-0.25, -0.2) is 0 Å². The largest absolute Gasteiger partial charge is 0.416 e. The number of carbonyl (C=O) groups excluding carboxylic acids is 1. The number of rotatable bonds is 3. The quantitative estimate of drug-likeness (QED) is 0.374. The van der Waals surface area contributed by atoms with E-state index in [0.717, 1.165) is 6.07 Å². The number of amides is 1. The molecule has 0 saturated carbocycles. The summed E-state index contributed by atoms with van der Waals surface area (Å²) in [7, 11) is -3.17. The van der Waals surface area contributed by atoms with Crippen molar-refractivity contribution >= 4 is 51.3 Å². The van der Waals surface area contributed by atoms with Gasteiger partial charge in [0.1, 0.15) is 0 Å². The van der Waals surface area contributed by atoms with Gasteiger partial charge in [-0.05, 0) is 36.8 Å². The minimum Gasteiger partial charge on any atom is -0.322 e. The Kier molecular flexibility index (Phi) is 6.57. The fraction of sp³-hybridized carbons (Fsp3) is 0.278. The topological polar surface area (TPSA) is 72.8 Å². The maximum absolute atomic E-state index is 13.0. The monoisotopic (exact) mass is 522 g/mol. The molecular formula is C18H14Cl2F6N2O3S. The van der Waals surface area contributed by atoms with E-state index in [1.165, 1.54) is 10.4 Å². The van der Waals surface area contributed by atoms with Gasteiger partial charge in [-0.15, -0.1) is 10.8 Å². The highest BCUT2D eigenvalue weighted by Crippen LogP contribution is 2.52. The van der Waals surface area contributed by atoms with Gasteiger partial charge < -0.3 is 5.32 Å². The minimum atomic E-state index is -5.09. The molecule has 0 aliphatic carbocycles. The Hall–Kier alpha value is -1.86. The average Bonchev–Trinajstić information content (AvgIpc) is 3.01.